The zero-order chi connectivity index (χ0) is 15.9. The van der Waals surface area contributed by atoms with Gasteiger partial charge in [-0.1, -0.05) is 0 Å². The second kappa shape index (κ2) is 5.68. The van der Waals surface area contributed by atoms with Crippen LogP contribution < -0.4 is 17.0 Å². The average molecular weight is 302 g/mol. The maximum absolute atomic E-state index is 12.2. The van der Waals surface area contributed by atoms with Crippen molar-refractivity contribution in [1.82, 2.24) is 14.1 Å². The number of fused-ring (bicyclic) bond motifs is 1. The number of nitrogens with two attached hydrogens (primary N) is 1. The van der Waals surface area contributed by atoms with E-state index in [0.29, 0.717) is 22.9 Å². The molecule has 6 heteroatoms. The summed E-state index contributed by atoms with van der Waals surface area (Å²) in [7, 11) is 3.15. The molecule has 2 aromatic heterocycles. The minimum absolute atomic E-state index is 0.288. The molecular formula is C16H22N4O2. The molecule has 0 radical (unpaired) electrons. The summed E-state index contributed by atoms with van der Waals surface area (Å²) in [4.78, 5) is 28.8. The smallest absolute Gasteiger partial charge is 0.330 e. The van der Waals surface area contributed by atoms with Crippen LogP contribution in [0.3, 0.4) is 0 Å². The number of pyridine rings is 1. The van der Waals surface area contributed by atoms with E-state index in [2.05, 4.69) is 4.98 Å². The largest absolute Gasteiger partial charge is 0.332 e. The fourth-order valence-corrected chi connectivity index (χ4v) is 3.39. The van der Waals surface area contributed by atoms with Crippen LogP contribution in [0.5, 0.6) is 0 Å². The fraction of sp³-hybridized carbons (Fsp3) is 0.562. The lowest BCUT2D eigenvalue weighted by molar-refractivity contribution is 0.329. The lowest BCUT2D eigenvalue weighted by Gasteiger charge is -2.27. The van der Waals surface area contributed by atoms with Gasteiger partial charge in [0.1, 0.15) is 5.65 Å². The van der Waals surface area contributed by atoms with Crippen molar-refractivity contribution in [3.8, 4) is 0 Å². The van der Waals surface area contributed by atoms with E-state index in [1.807, 2.05) is 6.07 Å². The summed E-state index contributed by atoms with van der Waals surface area (Å²) in [5.41, 5.74) is 6.57. The molecule has 1 aliphatic rings. The topological polar surface area (TPSA) is 82.9 Å². The lowest BCUT2D eigenvalue weighted by atomic mass is 9.80. The maximum atomic E-state index is 12.2. The molecule has 6 nitrogen and oxygen atoms in total. The first-order valence-electron chi connectivity index (χ1n) is 7.79. The van der Waals surface area contributed by atoms with Gasteiger partial charge in [-0.15, -0.1) is 0 Å². The Morgan fingerprint density at radius 3 is 2.45 bits per heavy atom. The fourth-order valence-electron chi connectivity index (χ4n) is 3.39. The van der Waals surface area contributed by atoms with Crippen LogP contribution in [-0.2, 0) is 14.1 Å². The molecule has 0 aliphatic heterocycles. The quantitative estimate of drug-likeness (QED) is 0.892. The van der Waals surface area contributed by atoms with Crippen molar-refractivity contribution in [2.75, 3.05) is 6.54 Å². The van der Waals surface area contributed by atoms with E-state index >= 15 is 0 Å². The highest BCUT2D eigenvalue weighted by molar-refractivity contribution is 5.74. The molecule has 1 fully saturated rings. The molecule has 0 bridgehead atoms. The van der Waals surface area contributed by atoms with Crippen molar-refractivity contribution in [3.05, 3.63) is 38.7 Å². The van der Waals surface area contributed by atoms with E-state index in [4.69, 9.17) is 5.73 Å². The van der Waals surface area contributed by atoms with Crippen molar-refractivity contribution in [3.63, 3.8) is 0 Å². The predicted octanol–water partition coefficient (Wildman–Crippen LogP) is 0.865. The van der Waals surface area contributed by atoms with Gasteiger partial charge in [-0.25, -0.2) is 9.78 Å². The molecule has 0 amide bonds. The molecule has 0 atom stereocenters. The zero-order valence-electron chi connectivity index (χ0n) is 13.1. The van der Waals surface area contributed by atoms with Gasteiger partial charge in [0, 0.05) is 25.7 Å². The number of nitrogens with zero attached hydrogens (tertiary/aromatic N) is 3. The van der Waals surface area contributed by atoms with Gasteiger partial charge in [0.25, 0.3) is 5.56 Å². The van der Waals surface area contributed by atoms with E-state index in [-0.39, 0.29) is 11.2 Å². The van der Waals surface area contributed by atoms with Crippen LogP contribution in [0.1, 0.15) is 37.3 Å². The number of aryl methyl sites for hydroxylation is 1. The van der Waals surface area contributed by atoms with Crippen molar-refractivity contribution >= 4 is 11.0 Å². The van der Waals surface area contributed by atoms with Gasteiger partial charge in [0.15, 0.2) is 0 Å². The number of rotatable bonds is 2. The van der Waals surface area contributed by atoms with Gasteiger partial charge in [-0.2, -0.15) is 0 Å². The summed E-state index contributed by atoms with van der Waals surface area (Å²) < 4.78 is 2.57. The van der Waals surface area contributed by atoms with Crippen LogP contribution in [-0.4, -0.2) is 20.7 Å². The normalized spacial score (nSPS) is 22.1. The van der Waals surface area contributed by atoms with Gasteiger partial charge >= 0.3 is 5.69 Å². The summed E-state index contributed by atoms with van der Waals surface area (Å²) in [6.07, 6.45) is 4.38. The van der Waals surface area contributed by atoms with Crippen molar-refractivity contribution in [2.24, 2.45) is 25.7 Å². The molecule has 0 unspecified atom stereocenters. The average Bonchev–Trinajstić information content (AvgIpc) is 2.57. The molecule has 2 heterocycles. The first kappa shape index (κ1) is 15.0. The Morgan fingerprint density at radius 2 is 1.82 bits per heavy atom. The minimum Gasteiger partial charge on any atom is -0.330 e. The second-order valence-electron chi connectivity index (χ2n) is 6.27. The zero-order valence-corrected chi connectivity index (χ0v) is 13.1. The predicted molar refractivity (Wildman–Crippen MR) is 86.0 cm³/mol. The highest BCUT2D eigenvalue weighted by Crippen LogP contribution is 2.34. The van der Waals surface area contributed by atoms with Crippen molar-refractivity contribution in [1.29, 1.82) is 0 Å². The lowest BCUT2D eigenvalue weighted by Crippen LogP contribution is -2.37. The Bertz CT molecular complexity index is 813. The Kier molecular flexibility index (Phi) is 3.87. The maximum Gasteiger partial charge on any atom is 0.332 e. The van der Waals surface area contributed by atoms with E-state index in [9.17, 15) is 9.59 Å². The van der Waals surface area contributed by atoms with Crippen LogP contribution in [0, 0.1) is 5.92 Å². The molecule has 2 N–H and O–H groups in total. The third-order valence-corrected chi connectivity index (χ3v) is 4.92. The molecular weight excluding hydrogens is 280 g/mol. The molecule has 3 rings (SSSR count). The van der Waals surface area contributed by atoms with E-state index in [1.165, 1.54) is 11.6 Å². The summed E-state index contributed by atoms with van der Waals surface area (Å²) >= 11 is 0. The number of hydrogen-bond donors (Lipinski definition) is 1. The molecule has 1 saturated carbocycles. The van der Waals surface area contributed by atoms with E-state index in [1.54, 1.807) is 13.1 Å². The standard InChI is InChI=1S/C16H22N4O2/c1-19-14-12(15(21)20(2)16(19)22)7-8-13(18-14)11-5-3-10(9-17)4-6-11/h7-8,10-11H,3-6,9,17H2,1-2H3. The van der Waals surface area contributed by atoms with Crippen LogP contribution in [0.4, 0.5) is 0 Å². The number of hydrogen-bond acceptors (Lipinski definition) is 4. The van der Waals surface area contributed by atoms with Gasteiger partial charge in [-0.05, 0) is 50.3 Å². The first-order chi connectivity index (χ1) is 10.5. The van der Waals surface area contributed by atoms with Gasteiger partial charge < -0.3 is 5.73 Å². The Labute approximate surface area is 128 Å². The van der Waals surface area contributed by atoms with Crippen LogP contribution >= 0.6 is 0 Å². The molecule has 0 aromatic carbocycles. The first-order valence-corrected chi connectivity index (χ1v) is 7.79. The Morgan fingerprint density at radius 1 is 1.14 bits per heavy atom. The summed E-state index contributed by atoms with van der Waals surface area (Å²) in [5, 5.41) is 0.490. The molecule has 0 saturated heterocycles. The Hall–Kier alpha value is -1.95. The molecule has 0 spiro atoms. The Balaban J connectivity index is 2.04. The molecule has 118 valence electrons. The van der Waals surface area contributed by atoms with Crippen molar-refractivity contribution in [2.45, 2.75) is 31.6 Å². The summed E-state index contributed by atoms with van der Waals surface area (Å²) in [5.74, 6) is 1.01. The summed E-state index contributed by atoms with van der Waals surface area (Å²) in [6.45, 7) is 0.752. The molecule has 22 heavy (non-hydrogen) atoms. The monoisotopic (exact) mass is 302 g/mol. The van der Waals surface area contributed by atoms with Crippen LogP contribution in [0.2, 0.25) is 0 Å². The van der Waals surface area contributed by atoms with E-state index in [0.717, 1.165) is 42.5 Å². The third-order valence-electron chi connectivity index (χ3n) is 4.92. The van der Waals surface area contributed by atoms with Gasteiger partial charge in [0.05, 0.1) is 5.39 Å². The second-order valence-corrected chi connectivity index (χ2v) is 6.27. The highest BCUT2D eigenvalue weighted by atomic mass is 16.2. The van der Waals surface area contributed by atoms with Crippen LogP contribution in [0.25, 0.3) is 11.0 Å². The number of aromatic nitrogens is 3. The molecule has 1 aliphatic carbocycles. The van der Waals surface area contributed by atoms with Crippen molar-refractivity contribution < 1.29 is 0 Å². The van der Waals surface area contributed by atoms with Gasteiger partial charge in [0.2, 0.25) is 0 Å². The third kappa shape index (κ3) is 2.37. The van der Waals surface area contributed by atoms with E-state index < -0.39 is 0 Å². The highest BCUT2D eigenvalue weighted by Gasteiger charge is 2.23. The summed E-state index contributed by atoms with van der Waals surface area (Å²) in [6, 6.07) is 3.73. The van der Waals surface area contributed by atoms with Gasteiger partial charge in [-0.3, -0.25) is 13.9 Å². The minimum atomic E-state index is -0.339. The SMILES string of the molecule is Cn1c(=O)c2ccc(C3CCC(CN)CC3)nc2n(C)c1=O. The van der Waals surface area contributed by atoms with Crippen LogP contribution in [0.15, 0.2) is 21.7 Å². The molecule has 2 aromatic rings.